The zero-order chi connectivity index (χ0) is 26.4. The van der Waals surface area contributed by atoms with Crippen molar-refractivity contribution in [2.75, 3.05) is 0 Å². The maximum Gasteiger partial charge on any atom is 0.190 e. The Kier molecular flexibility index (Phi) is 5.27. The number of aryl methyl sites for hydroxylation is 2. The molecule has 0 spiro atoms. The summed E-state index contributed by atoms with van der Waals surface area (Å²) in [5.41, 5.74) is 7.55. The first kappa shape index (κ1) is 24.6. The van der Waals surface area contributed by atoms with Crippen molar-refractivity contribution in [3.05, 3.63) is 80.9 Å². The minimum absolute atomic E-state index is 0.0504. The van der Waals surface area contributed by atoms with Gasteiger partial charge in [-0.2, -0.15) is 0 Å². The van der Waals surface area contributed by atoms with Gasteiger partial charge in [0.1, 0.15) is 0 Å². The summed E-state index contributed by atoms with van der Waals surface area (Å²) in [4.78, 5) is 40.9. The highest BCUT2D eigenvalue weighted by molar-refractivity contribution is 6.24. The van der Waals surface area contributed by atoms with E-state index in [1.807, 2.05) is 33.8 Å². The van der Waals surface area contributed by atoms with Crippen LogP contribution in [0, 0.1) is 30.1 Å². The molecule has 2 aromatic carbocycles. The van der Waals surface area contributed by atoms with Gasteiger partial charge in [0.25, 0.3) is 0 Å². The van der Waals surface area contributed by atoms with Gasteiger partial charge in [-0.1, -0.05) is 67.0 Å². The van der Waals surface area contributed by atoms with E-state index in [1.54, 1.807) is 0 Å². The normalized spacial score (nSPS) is 29.7. The van der Waals surface area contributed by atoms with Gasteiger partial charge in [0, 0.05) is 16.6 Å². The van der Waals surface area contributed by atoms with Crippen molar-refractivity contribution in [2.45, 2.75) is 74.7 Å². The van der Waals surface area contributed by atoms with Gasteiger partial charge in [0.15, 0.2) is 17.3 Å². The Bertz CT molecular complexity index is 1430. The fourth-order valence-electron chi connectivity index (χ4n) is 7.92. The number of hydrogen-bond donors (Lipinski definition) is 0. The molecule has 0 aliphatic heterocycles. The number of Topliss-reactive ketones (excluding diaryl/α,β-unsaturated/α-hetero) is 3. The summed E-state index contributed by atoms with van der Waals surface area (Å²) in [5.74, 6) is -0.239. The summed E-state index contributed by atoms with van der Waals surface area (Å²) in [6.07, 6.45) is 2.17. The maximum absolute atomic E-state index is 14.4. The van der Waals surface area contributed by atoms with Gasteiger partial charge < -0.3 is 0 Å². The summed E-state index contributed by atoms with van der Waals surface area (Å²) in [6, 6.07) is 12.7. The Balaban J connectivity index is 1.76. The molecule has 0 amide bonds. The first-order chi connectivity index (χ1) is 16.7. The molecule has 3 atom stereocenters. The second-order valence-corrected chi connectivity index (χ2v) is 12.3. The van der Waals surface area contributed by atoms with Crippen LogP contribution in [-0.2, 0) is 16.0 Å². The van der Waals surface area contributed by atoms with Crippen LogP contribution in [0.5, 0.6) is 0 Å². The molecule has 3 heteroatoms. The van der Waals surface area contributed by atoms with Crippen LogP contribution < -0.4 is 0 Å². The largest absolute Gasteiger partial charge is 0.294 e. The minimum Gasteiger partial charge on any atom is -0.294 e. The van der Waals surface area contributed by atoms with Crippen LogP contribution in [-0.4, -0.2) is 17.3 Å². The van der Waals surface area contributed by atoms with E-state index in [0.29, 0.717) is 12.0 Å². The monoisotopic (exact) mass is 480 g/mol. The Morgan fingerprint density at radius 3 is 2.11 bits per heavy atom. The van der Waals surface area contributed by atoms with Gasteiger partial charge in [-0.15, -0.1) is 0 Å². The molecule has 0 saturated heterocycles. The molecule has 3 unspecified atom stereocenters. The van der Waals surface area contributed by atoms with Crippen LogP contribution in [0.15, 0.2) is 58.7 Å². The summed E-state index contributed by atoms with van der Waals surface area (Å²) in [7, 11) is 0. The molecule has 3 aliphatic carbocycles. The Morgan fingerprint density at radius 1 is 0.861 bits per heavy atom. The molecular weight excluding hydrogens is 444 g/mol. The van der Waals surface area contributed by atoms with Crippen molar-refractivity contribution in [3.63, 3.8) is 0 Å². The molecule has 3 nitrogen and oxygen atoms in total. The second kappa shape index (κ2) is 7.71. The highest BCUT2D eigenvalue weighted by Gasteiger charge is 2.63. The number of allylic oxidation sites excluding steroid dienone is 4. The molecule has 0 bridgehead atoms. The van der Waals surface area contributed by atoms with Crippen molar-refractivity contribution in [1.29, 1.82) is 0 Å². The molecule has 0 radical (unpaired) electrons. The first-order valence-corrected chi connectivity index (χ1v) is 13.0. The van der Waals surface area contributed by atoms with Crippen LogP contribution in [0.2, 0.25) is 0 Å². The predicted molar refractivity (Wildman–Crippen MR) is 144 cm³/mol. The Labute approximate surface area is 214 Å². The number of carbonyl (C=O) groups is 3. The van der Waals surface area contributed by atoms with Crippen molar-refractivity contribution in [3.8, 4) is 11.1 Å². The average Bonchev–Trinajstić information content (AvgIpc) is 2.76. The van der Waals surface area contributed by atoms with E-state index in [2.05, 4.69) is 51.1 Å². The third-order valence-electron chi connectivity index (χ3n) is 9.74. The van der Waals surface area contributed by atoms with Gasteiger partial charge in [-0.3, -0.25) is 14.4 Å². The summed E-state index contributed by atoms with van der Waals surface area (Å²) in [5, 5.41) is 0. The second-order valence-electron chi connectivity index (χ2n) is 12.3. The molecule has 36 heavy (non-hydrogen) atoms. The lowest BCUT2D eigenvalue weighted by molar-refractivity contribution is -0.134. The molecular formula is C33H36O3. The summed E-state index contributed by atoms with van der Waals surface area (Å²) < 4.78 is 0. The van der Waals surface area contributed by atoms with Gasteiger partial charge >= 0.3 is 0 Å². The van der Waals surface area contributed by atoms with Crippen molar-refractivity contribution < 1.29 is 14.4 Å². The summed E-state index contributed by atoms with van der Waals surface area (Å²) in [6.45, 7) is 15.9. The van der Waals surface area contributed by atoms with E-state index in [9.17, 15) is 14.4 Å². The summed E-state index contributed by atoms with van der Waals surface area (Å²) >= 11 is 0. The van der Waals surface area contributed by atoms with E-state index >= 15 is 0 Å². The lowest BCUT2D eigenvalue weighted by atomic mass is 9.42. The van der Waals surface area contributed by atoms with E-state index in [-0.39, 0.29) is 28.2 Å². The molecule has 0 N–H and O–H groups in total. The first-order valence-electron chi connectivity index (χ1n) is 13.0. The molecule has 0 aromatic heterocycles. The molecule has 5 rings (SSSR count). The number of ketones is 3. The van der Waals surface area contributed by atoms with E-state index in [0.717, 1.165) is 57.4 Å². The number of benzene rings is 2. The zero-order valence-corrected chi connectivity index (χ0v) is 22.8. The number of fused-ring (bicyclic) bond motifs is 3. The average molecular weight is 481 g/mol. The number of hydrogen-bond acceptors (Lipinski definition) is 3. The van der Waals surface area contributed by atoms with Crippen molar-refractivity contribution >= 4 is 17.3 Å². The van der Waals surface area contributed by atoms with Crippen LogP contribution in [0.3, 0.4) is 0 Å². The Morgan fingerprint density at radius 2 is 1.50 bits per heavy atom. The highest BCUT2D eigenvalue weighted by atomic mass is 16.2. The zero-order valence-electron chi connectivity index (χ0n) is 22.8. The van der Waals surface area contributed by atoms with Crippen LogP contribution in [0.25, 0.3) is 11.1 Å². The molecule has 0 fully saturated rings. The van der Waals surface area contributed by atoms with Crippen LogP contribution in [0.4, 0.5) is 0 Å². The van der Waals surface area contributed by atoms with E-state index in [4.69, 9.17) is 0 Å². The van der Waals surface area contributed by atoms with Gasteiger partial charge in [0.05, 0.1) is 11.0 Å². The smallest absolute Gasteiger partial charge is 0.190 e. The van der Waals surface area contributed by atoms with E-state index < -0.39 is 5.41 Å². The molecule has 186 valence electrons. The molecule has 0 heterocycles. The lowest BCUT2D eigenvalue weighted by Gasteiger charge is -2.59. The minimum atomic E-state index is -0.877. The highest BCUT2D eigenvalue weighted by Crippen LogP contribution is 2.66. The molecule has 0 saturated carbocycles. The standard InChI is InChI=1S/C33H36O3/c1-18-9-12-23(13-10-18)24-14-11-19(2)27-25(24)16-31(6)17-32(7)15-20(3)26(22(5)34)30(36)33(32,8)21(4)28(31)29(27)35/h9-14H,15-17H2,1-8H3. The maximum atomic E-state index is 14.4. The van der Waals surface area contributed by atoms with Gasteiger partial charge in [0.2, 0.25) is 0 Å². The van der Waals surface area contributed by atoms with Crippen molar-refractivity contribution in [1.82, 2.24) is 0 Å². The SMILES string of the molecule is CC(=O)C1=C(C)CC2(C)CC3(C)Cc4c(-c5ccc(C)cc5)ccc(C)c4C(=O)C3=C(C)C2(C)C1=O. The van der Waals surface area contributed by atoms with Crippen LogP contribution in [0.1, 0.15) is 81.4 Å². The number of carbonyl (C=O) groups excluding carboxylic acids is 3. The topological polar surface area (TPSA) is 51.2 Å². The van der Waals surface area contributed by atoms with Gasteiger partial charge in [-0.05, 0) is 88.5 Å². The predicted octanol–water partition coefficient (Wildman–Crippen LogP) is 7.33. The van der Waals surface area contributed by atoms with E-state index in [1.165, 1.54) is 12.5 Å². The number of rotatable bonds is 2. The fourth-order valence-corrected chi connectivity index (χ4v) is 7.92. The van der Waals surface area contributed by atoms with Crippen molar-refractivity contribution in [2.24, 2.45) is 16.2 Å². The van der Waals surface area contributed by atoms with Crippen LogP contribution >= 0.6 is 0 Å². The fraction of sp³-hybridized carbons (Fsp3) is 0.424. The molecule has 3 aliphatic rings. The third kappa shape index (κ3) is 3.07. The lowest BCUT2D eigenvalue weighted by Crippen LogP contribution is -2.57. The quantitative estimate of drug-likeness (QED) is 0.423. The molecule has 2 aromatic rings. The third-order valence-corrected chi connectivity index (χ3v) is 9.74. The van der Waals surface area contributed by atoms with Gasteiger partial charge in [-0.25, -0.2) is 0 Å². The Hall–Kier alpha value is -3.07.